The minimum atomic E-state index is -0.318. The van der Waals surface area contributed by atoms with Gasteiger partial charge in [-0.25, -0.2) is 0 Å². The molecule has 0 amide bonds. The van der Waals surface area contributed by atoms with E-state index in [4.69, 9.17) is 9.39 Å². The van der Waals surface area contributed by atoms with Crippen LogP contribution in [0.25, 0.3) is 88.4 Å². The van der Waals surface area contributed by atoms with Gasteiger partial charge < -0.3 is 18.5 Å². The second-order valence-corrected chi connectivity index (χ2v) is 15.6. The molecule has 0 spiro atoms. The van der Waals surface area contributed by atoms with Crippen LogP contribution in [-0.2, 0) is 0 Å². The molecule has 0 fully saturated rings. The molecule has 0 saturated heterocycles. The highest BCUT2D eigenvalue weighted by atomic mass is 16.5. The maximum Gasteiger partial charge on any atom is 0.434 e. The van der Waals surface area contributed by atoms with Gasteiger partial charge in [0.25, 0.3) is 0 Å². The Balaban J connectivity index is 1.02. The summed E-state index contributed by atoms with van der Waals surface area (Å²) in [6.07, 6.45) is 0. The Morgan fingerprint density at radius 3 is 1.41 bits per heavy atom. The number of aromatic nitrogens is 2. The summed E-state index contributed by atoms with van der Waals surface area (Å²) in [4.78, 5) is 0. The summed E-state index contributed by atoms with van der Waals surface area (Å²) in [5.41, 5.74) is 15.7. The molecule has 11 aromatic rings. The maximum absolute atomic E-state index is 7.13. The van der Waals surface area contributed by atoms with Crippen molar-refractivity contribution < 1.29 is 9.39 Å². The third kappa shape index (κ3) is 4.67. The van der Waals surface area contributed by atoms with Crippen LogP contribution in [0.5, 0.6) is 17.2 Å². The van der Waals surface area contributed by atoms with E-state index < -0.39 is 0 Å². The highest BCUT2D eigenvalue weighted by Crippen LogP contribution is 2.45. The summed E-state index contributed by atoms with van der Waals surface area (Å²) in [5.74, 6) is 2.50. The molecule has 9 aromatic carbocycles. The van der Waals surface area contributed by atoms with Crippen LogP contribution >= 0.6 is 0 Å². The van der Waals surface area contributed by atoms with Gasteiger partial charge in [0, 0.05) is 49.2 Å². The van der Waals surface area contributed by atoms with E-state index >= 15 is 0 Å². The molecule has 2 aliphatic heterocycles. The average molecular weight is 753 g/mol. The molecule has 59 heavy (non-hydrogen) atoms. The van der Waals surface area contributed by atoms with Gasteiger partial charge in [0.15, 0.2) is 0 Å². The summed E-state index contributed by atoms with van der Waals surface area (Å²) >= 11 is 0. The number of hydrogen-bond donors (Lipinski definition) is 0. The number of ether oxygens (including phenoxy) is 1. The first-order valence-electron chi connectivity index (χ1n) is 20.2. The van der Waals surface area contributed by atoms with Gasteiger partial charge in [0.1, 0.15) is 17.2 Å². The SMILES string of the molecule is c1ccc2c(c1)Oc1cc(-c3ccccc3-n3c4ccccc4c4ccccc43)cc3c1B2Oc1cc(-c2ccccc2-n2c4ccccc4c4ccccc42)ccc1-3. The minimum Gasteiger partial charge on any atom is -0.551 e. The van der Waals surface area contributed by atoms with E-state index in [1.807, 2.05) is 12.1 Å². The smallest absolute Gasteiger partial charge is 0.434 e. The van der Waals surface area contributed by atoms with Crippen LogP contribution in [0.15, 0.2) is 200 Å². The zero-order valence-corrected chi connectivity index (χ0v) is 31.8. The molecule has 0 radical (unpaired) electrons. The Bertz CT molecular complexity index is 3430. The van der Waals surface area contributed by atoms with Crippen molar-refractivity contribution in [2.24, 2.45) is 0 Å². The summed E-state index contributed by atoms with van der Waals surface area (Å²) in [6, 6.07) is 71.8. The fraction of sp³-hybridized carbons (Fsp3) is 0. The van der Waals surface area contributed by atoms with Crippen LogP contribution in [0.4, 0.5) is 0 Å². The minimum absolute atomic E-state index is 0.318. The van der Waals surface area contributed by atoms with Gasteiger partial charge >= 0.3 is 6.92 Å². The number of benzene rings is 9. The Morgan fingerprint density at radius 1 is 0.339 bits per heavy atom. The standard InChI is InChI=1S/C54H33BN2O2/c1-8-22-45(56-47-24-10-3-17-38(47)39-18-4-11-25-48(39)56)36(15-1)34-29-30-42-43-31-35(33-53-54(43)55(59-52(42)32-34)44-21-7-14-28-51(44)58-53)37-16-2-9-23-46(37)57-49-26-12-5-19-40(49)41-20-6-13-27-50(41)57/h1-33H. The predicted octanol–water partition coefficient (Wildman–Crippen LogP) is 12.5. The number of rotatable bonds is 4. The summed E-state index contributed by atoms with van der Waals surface area (Å²) in [5, 5.41) is 4.96. The Kier molecular flexibility index (Phi) is 6.78. The van der Waals surface area contributed by atoms with Gasteiger partial charge in [-0.1, -0.05) is 140 Å². The highest BCUT2D eigenvalue weighted by molar-refractivity contribution is 6.84. The predicted molar refractivity (Wildman–Crippen MR) is 244 cm³/mol. The molecule has 5 heteroatoms. The molecule has 4 nitrogen and oxygen atoms in total. The lowest BCUT2D eigenvalue weighted by Gasteiger charge is -2.33. The summed E-state index contributed by atoms with van der Waals surface area (Å²) in [7, 11) is 0. The third-order valence-electron chi connectivity index (χ3n) is 12.4. The van der Waals surface area contributed by atoms with Crippen LogP contribution < -0.4 is 20.3 Å². The Hall–Kier alpha value is -7.76. The van der Waals surface area contributed by atoms with Gasteiger partial charge in [-0.2, -0.15) is 0 Å². The van der Waals surface area contributed by atoms with Crippen LogP contribution in [0.3, 0.4) is 0 Å². The molecule has 274 valence electrons. The van der Waals surface area contributed by atoms with Crippen molar-refractivity contribution in [3.8, 4) is 62.0 Å². The molecule has 0 N–H and O–H groups in total. The van der Waals surface area contributed by atoms with Gasteiger partial charge in [-0.15, -0.1) is 0 Å². The zero-order valence-electron chi connectivity index (χ0n) is 31.8. The lowest BCUT2D eigenvalue weighted by atomic mass is 9.50. The monoisotopic (exact) mass is 752 g/mol. The lowest BCUT2D eigenvalue weighted by molar-refractivity contribution is 0.479. The molecule has 0 unspecified atom stereocenters. The van der Waals surface area contributed by atoms with Gasteiger partial charge in [-0.05, 0) is 77.4 Å². The largest absolute Gasteiger partial charge is 0.551 e. The molecule has 13 rings (SSSR count). The second-order valence-electron chi connectivity index (χ2n) is 15.6. The van der Waals surface area contributed by atoms with Gasteiger partial charge in [-0.3, -0.25) is 0 Å². The Labute approximate surface area is 340 Å². The van der Waals surface area contributed by atoms with Crippen LogP contribution in [0.2, 0.25) is 0 Å². The van der Waals surface area contributed by atoms with Crippen LogP contribution in [-0.4, -0.2) is 16.0 Å². The maximum atomic E-state index is 7.13. The molecular weight excluding hydrogens is 719 g/mol. The molecule has 4 heterocycles. The molecule has 0 atom stereocenters. The van der Waals surface area contributed by atoms with Gasteiger partial charge in [0.2, 0.25) is 0 Å². The topological polar surface area (TPSA) is 28.3 Å². The van der Waals surface area contributed by atoms with E-state index in [-0.39, 0.29) is 6.92 Å². The van der Waals surface area contributed by atoms with Crippen LogP contribution in [0.1, 0.15) is 0 Å². The van der Waals surface area contributed by atoms with E-state index in [2.05, 4.69) is 197 Å². The van der Waals surface area contributed by atoms with E-state index in [0.717, 1.165) is 72.9 Å². The fourth-order valence-corrected chi connectivity index (χ4v) is 9.87. The van der Waals surface area contributed by atoms with Crippen molar-refractivity contribution in [1.29, 1.82) is 0 Å². The molecule has 0 saturated carbocycles. The number of hydrogen-bond acceptors (Lipinski definition) is 2. The van der Waals surface area contributed by atoms with Crippen molar-refractivity contribution in [3.63, 3.8) is 0 Å². The number of nitrogens with zero attached hydrogens (tertiary/aromatic N) is 2. The van der Waals surface area contributed by atoms with E-state index in [1.165, 1.54) is 43.6 Å². The third-order valence-corrected chi connectivity index (χ3v) is 12.4. The molecule has 0 aliphatic carbocycles. The highest BCUT2D eigenvalue weighted by Gasteiger charge is 2.41. The lowest BCUT2D eigenvalue weighted by Crippen LogP contribution is -2.53. The number of para-hydroxylation sites is 7. The second kappa shape index (κ2) is 12.4. The molecular formula is C54H33BN2O2. The van der Waals surface area contributed by atoms with Crippen molar-refractivity contribution in [2.45, 2.75) is 0 Å². The number of fused-ring (bicyclic) bond motifs is 10. The fourth-order valence-electron chi connectivity index (χ4n) is 9.87. The molecule has 2 aromatic heterocycles. The average Bonchev–Trinajstić information content (AvgIpc) is 3.82. The van der Waals surface area contributed by atoms with Crippen molar-refractivity contribution in [3.05, 3.63) is 200 Å². The normalized spacial score (nSPS) is 12.6. The summed E-state index contributed by atoms with van der Waals surface area (Å²) in [6.45, 7) is -0.318. The quantitative estimate of drug-likeness (QED) is 0.168. The van der Waals surface area contributed by atoms with Gasteiger partial charge in [0.05, 0.1) is 33.4 Å². The Morgan fingerprint density at radius 2 is 0.814 bits per heavy atom. The van der Waals surface area contributed by atoms with E-state index in [1.54, 1.807) is 0 Å². The van der Waals surface area contributed by atoms with E-state index in [9.17, 15) is 0 Å². The van der Waals surface area contributed by atoms with Crippen molar-refractivity contribution >= 4 is 61.5 Å². The molecule has 0 bridgehead atoms. The zero-order chi connectivity index (χ0) is 38.6. The van der Waals surface area contributed by atoms with Crippen molar-refractivity contribution in [1.82, 2.24) is 9.13 Å². The van der Waals surface area contributed by atoms with E-state index in [0.29, 0.717) is 0 Å². The first-order valence-corrected chi connectivity index (χ1v) is 20.2. The first-order chi connectivity index (χ1) is 29.3. The summed E-state index contributed by atoms with van der Waals surface area (Å²) < 4.78 is 18.7. The first kappa shape index (κ1) is 32.3. The van der Waals surface area contributed by atoms with Crippen LogP contribution in [0, 0.1) is 0 Å². The van der Waals surface area contributed by atoms with Crippen molar-refractivity contribution in [2.75, 3.05) is 0 Å². The molecule has 2 aliphatic rings.